The highest BCUT2D eigenvalue weighted by molar-refractivity contribution is 7.84. The van der Waals surface area contributed by atoms with Crippen LogP contribution >= 0.6 is 11.3 Å². The molecule has 0 spiro atoms. The minimum absolute atomic E-state index is 0.132. The summed E-state index contributed by atoms with van der Waals surface area (Å²) in [6, 6.07) is 3.76. The molecule has 2 aromatic rings. The highest BCUT2D eigenvalue weighted by atomic mass is 32.2. The van der Waals surface area contributed by atoms with Gasteiger partial charge in [0.25, 0.3) is 0 Å². The van der Waals surface area contributed by atoms with Gasteiger partial charge in [-0.1, -0.05) is 24.2 Å². The van der Waals surface area contributed by atoms with Gasteiger partial charge in [-0.05, 0) is 19.1 Å². The van der Waals surface area contributed by atoms with E-state index < -0.39 is 10.8 Å². The predicted octanol–water partition coefficient (Wildman–Crippen LogP) is 2.49. The number of terminal acetylenes is 1. The lowest BCUT2D eigenvalue weighted by Crippen LogP contribution is -2.37. The molecular formula is C17H19N3O2S2. The number of hydrogen-bond donors (Lipinski definition) is 0. The quantitative estimate of drug-likeness (QED) is 0.742. The minimum Gasteiger partial charge on any atom is -0.290 e. The fourth-order valence-electron chi connectivity index (χ4n) is 2.28. The molecule has 1 amide bonds. The van der Waals surface area contributed by atoms with Crippen LogP contribution in [0.2, 0.25) is 0 Å². The topological polar surface area (TPSA) is 63.2 Å². The molecule has 2 aromatic heterocycles. The average molecular weight is 361 g/mol. The van der Waals surface area contributed by atoms with Crippen molar-refractivity contribution in [3.8, 4) is 22.9 Å². The van der Waals surface area contributed by atoms with Crippen molar-refractivity contribution in [1.82, 2.24) is 9.97 Å². The van der Waals surface area contributed by atoms with Gasteiger partial charge in [-0.25, -0.2) is 4.98 Å². The van der Waals surface area contributed by atoms with E-state index in [4.69, 9.17) is 6.42 Å². The molecule has 0 aromatic carbocycles. The molecule has 2 rings (SSSR count). The molecule has 0 aliphatic rings. The molecule has 0 bridgehead atoms. The standard InChI is InChI=1S/C17H19N3O2S2/c1-5-9-20(16(21)12(2)11-24(4)22)17-13(3)19-15(23-17)14-7-6-8-18-10-14/h1,6-8,10,12H,9,11H2,2-4H3. The summed E-state index contributed by atoms with van der Waals surface area (Å²) < 4.78 is 11.4. The van der Waals surface area contributed by atoms with Crippen LogP contribution in [0.25, 0.3) is 10.6 Å². The van der Waals surface area contributed by atoms with E-state index in [0.717, 1.165) is 21.3 Å². The van der Waals surface area contributed by atoms with Crippen LogP contribution in [-0.2, 0) is 15.6 Å². The number of carbonyl (C=O) groups is 1. The number of aryl methyl sites for hydroxylation is 1. The third kappa shape index (κ3) is 4.28. The van der Waals surface area contributed by atoms with Gasteiger partial charge in [-0.15, -0.1) is 6.42 Å². The SMILES string of the molecule is C#CCN(C(=O)C(C)CS(C)=O)c1sc(-c2cccnc2)nc1C. The first-order valence-electron chi connectivity index (χ1n) is 7.36. The maximum Gasteiger partial charge on any atom is 0.232 e. The highest BCUT2D eigenvalue weighted by Gasteiger charge is 2.26. The van der Waals surface area contributed by atoms with Crippen molar-refractivity contribution in [3.63, 3.8) is 0 Å². The average Bonchev–Trinajstić information content (AvgIpc) is 2.94. The van der Waals surface area contributed by atoms with Crippen molar-refractivity contribution in [3.05, 3.63) is 30.2 Å². The Morgan fingerprint density at radius 1 is 1.54 bits per heavy atom. The van der Waals surface area contributed by atoms with Gasteiger partial charge in [0.15, 0.2) is 0 Å². The summed E-state index contributed by atoms with van der Waals surface area (Å²) in [5, 5.41) is 1.52. The Balaban J connectivity index is 2.35. The van der Waals surface area contributed by atoms with Crippen molar-refractivity contribution in [1.29, 1.82) is 0 Å². The van der Waals surface area contributed by atoms with Crippen LogP contribution in [0, 0.1) is 25.2 Å². The number of anilines is 1. The van der Waals surface area contributed by atoms with Crippen LogP contribution in [0.3, 0.4) is 0 Å². The molecule has 126 valence electrons. The van der Waals surface area contributed by atoms with Gasteiger partial charge in [0, 0.05) is 46.7 Å². The normalized spacial score (nSPS) is 13.1. The Labute approximate surface area is 148 Å². The molecule has 7 heteroatoms. The maximum absolute atomic E-state index is 12.7. The van der Waals surface area contributed by atoms with E-state index in [2.05, 4.69) is 15.9 Å². The number of hydrogen-bond acceptors (Lipinski definition) is 5. The number of nitrogens with zero attached hydrogens (tertiary/aromatic N) is 3. The largest absolute Gasteiger partial charge is 0.290 e. The molecule has 0 fully saturated rings. The van der Waals surface area contributed by atoms with Gasteiger partial charge in [0.1, 0.15) is 10.0 Å². The lowest BCUT2D eigenvalue weighted by atomic mass is 10.2. The predicted molar refractivity (Wildman–Crippen MR) is 99.4 cm³/mol. The number of thiazole rings is 1. The highest BCUT2D eigenvalue weighted by Crippen LogP contribution is 2.34. The van der Waals surface area contributed by atoms with Crippen LogP contribution in [0.1, 0.15) is 12.6 Å². The monoisotopic (exact) mass is 361 g/mol. The van der Waals surface area contributed by atoms with Gasteiger partial charge >= 0.3 is 0 Å². The molecule has 0 aliphatic heterocycles. The van der Waals surface area contributed by atoms with Gasteiger partial charge in [-0.3, -0.25) is 18.9 Å². The van der Waals surface area contributed by atoms with E-state index in [1.54, 1.807) is 30.5 Å². The summed E-state index contributed by atoms with van der Waals surface area (Å²) in [6.45, 7) is 3.78. The smallest absolute Gasteiger partial charge is 0.232 e. The number of carbonyl (C=O) groups excluding carboxylic acids is 1. The van der Waals surface area contributed by atoms with Gasteiger partial charge in [-0.2, -0.15) is 0 Å². The van der Waals surface area contributed by atoms with E-state index in [9.17, 15) is 9.00 Å². The van der Waals surface area contributed by atoms with Crippen LogP contribution in [0.15, 0.2) is 24.5 Å². The van der Waals surface area contributed by atoms with Gasteiger partial charge in [0.2, 0.25) is 5.91 Å². The molecule has 24 heavy (non-hydrogen) atoms. The Kier molecular flexibility index (Phi) is 6.23. The fourth-order valence-corrected chi connectivity index (χ4v) is 4.19. The second kappa shape index (κ2) is 8.18. The number of rotatable bonds is 6. The summed E-state index contributed by atoms with van der Waals surface area (Å²) in [6.07, 6.45) is 10.5. The molecule has 0 aliphatic carbocycles. The fraction of sp³-hybridized carbons (Fsp3) is 0.353. The maximum atomic E-state index is 12.7. The number of amides is 1. The summed E-state index contributed by atoms with van der Waals surface area (Å²) in [5.41, 5.74) is 1.64. The van der Waals surface area contributed by atoms with Gasteiger partial charge in [0.05, 0.1) is 12.2 Å². The van der Waals surface area contributed by atoms with Crippen molar-refractivity contribution in [2.75, 3.05) is 23.5 Å². The zero-order valence-corrected chi connectivity index (χ0v) is 15.5. The molecule has 2 unspecified atom stereocenters. The third-order valence-corrected chi connectivity index (χ3v) is 5.55. The summed E-state index contributed by atoms with van der Waals surface area (Å²) in [4.78, 5) is 22.9. The molecule has 0 N–H and O–H groups in total. The molecular weight excluding hydrogens is 342 g/mol. The summed E-state index contributed by atoms with van der Waals surface area (Å²) >= 11 is 1.41. The van der Waals surface area contributed by atoms with E-state index in [1.165, 1.54) is 11.3 Å². The molecule has 0 radical (unpaired) electrons. The van der Waals surface area contributed by atoms with E-state index in [0.29, 0.717) is 5.75 Å². The lowest BCUT2D eigenvalue weighted by molar-refractivity contribution is -0.121. The summed E-state index contributed by atoms with van der Waals surface area (Å²) in [7, 11) is -1.04. The van der Waals surface area contributed by atoms with Crippen molar-refractivity contribution < 1.29 is 9.00 Å². The van der Waals surface area contributed by atoms with Crippen LogP contribution in [0.4, 0.5) is 5.00 Å². The van der Waals surface area contributed by atoms with Crippen LogP contribution in [0.5, 0.6) is 0 Å². The van der Waals surface area contributed by atoms with E-state index in [-0.39, 0.29) is 18.4 Å². The zero-order valence-electron chi connectivity index (χ0n) is 13.9. The van der Waals surface area contributed by atoms with Crippen molar-refractivity contribution in [2.45, 2.75) is 13.8 Å². The van der Waals surface area contributed by atoms with E-state index in [1.807, 2.05) is 19.1 Å². The Morgan fingerprint density at radius 3 is 2.88 bits per heavy atom. The lowest BCUT2D eigenvalue weighted by Gasteiger charge is -2.22. The van der Waals surface area contributed by atoms with Crippen LogP contribution in [-0.4, -0.2) is 38.6 Å². The second-order valence-corrected chi connectivity index (χ2v) is 7.88. The second-order valence-electron chi connectivity index (χ2n) is 5.42. The molecule has 2 atom stereocenters. The Hall–Kier alpha value is -2.04. The van der Waals surface area contributed by atoms with E-state index >= 15 is 0 Å². The molecule has 0 saturated carbocycles. The number of aromatic nitrogens is 2. The first kappa shape index (κ1) is 18.3. The van der Waals surface area contributed by atoms with Gasteiger partial charge < -0.3 is 0 Å². The van der Waals surface area contributed by atoms with Crippen molar-refractivity contribution >= 4 is 33.0 Å². The first-order chi connectivity index (χ1) is 11.4. The minimum atomic E-state index is -1.04. The van der Waals surface area contributed by atoms with Crippen molar-refractivity contribution in [2.24, 2.45) is 5.92 Å². The van der Waals surface area contributed by atoms with Crippen LogP contribution < -0.4 is 4.90 Å². The molecule has 0 saturated heterocycles. The molecule has 5 nitrogen and oxygen atoms in total. The molecule has 2 heterocycles. The Morgan fingerprint density at radius 2 is 2.29 bits per heavy atom. The zero-order chi connectivity index (χ0) is 17.7. The first-order valence-corrected chi connectivity index (χ1v) is 9.91. The summed E-state index contributed by atoms with van der Waals surface area (Å²) in [5.74, 6) is 2.34. The number of pyridine rings is 1. The third-order valence-electron chi connectivity index (χ3n) is 3.35. The Bertz CT molecular complexity index is 781.